The molecule has 2 aromatic rings. The monoisotopic (exact) mass is 470 g/mol. The van der Waals surface area contributed by atoms with Crippen molar-refractivity contribution in [2.75, 3.05) is 51.1 Å². The van der Waals surface area contributed by atoms with Gasteiger partial charge in [0.1, 0.15) is 0 Å². The van der Waals surface area contributed by atoms with Crippen molar-refractivity contribution in [2.45, 2.75) is 31.2 Å². The number of piperazine rings is 1. The number of sulfonamides is 1. The Morgan fingerprint density at radius 2 is 1.48 bits per heavy atom. The smallest absolute Gasteiger partial charge is 0.243 e. The number of carbonyl (C=O) groups is 1. The van der Waals surface area contributed by atoms with Crippen LogP contribution in [-0.4, -0.2) is 74.2 Å². The lowest BCUT2D eigenvalue weighted by molar-refractivity contribution is -0.117. The minimum Gasteiger partial charge on any atom is -0.325 e. The Hall–Kier alpha value is -2.26. The number of rotatable bonds is 7. The quantitative estimate of drug-likeness (QED) is 0.674. The highest BCUT2D eigenvalue weighted by Gasteiger charge is 2.28. The molecule has 2 aromatic carbocycles. The van der Waals surface area contributed by atoms with Gasteiger partial charge in [-0.3, -0.25) is 14.6 Å². The summed E-state index contributed by atoms with van der Waals surface area (Å²) < 4.78 is 27.3. The van der Waals surface area contributed by atoms with Gasteiger partial charge in [-0.05, 0) is 48.6 Å². The number of anilines is 1. The largest absolute Gasteiger partial charge is 0.325 e. The number of amides is 1. The molecule has 2 aliphatic rings. The maximum Gasteiger partial charge on any atom is 0.243 e. The fourth-order valence-electron chi connectivity index (χ4n) is 4.44. The molecule has 1 amide bonds. The normalized spacial score (nSPS) is 19.4. The van der Waals surface area contributed by atoms with Crippen LogP contribution in [0.5, 0.6) is 0 Å². The maximum absolute atomic E-state index is 12.9. The van der Waals surface area contributed by atoms with E-state index in [1.165, 1.54) is 5.56 Å². The molecule has 2 aliphatic heterocycles. The van der Waals surface area contributed by atoms with Crippen molar-refractivity contribution in [1.29, 1.82) is 0 Å². The van der Waals surface area contributed by atoms with Crippen LogP contribution in [0, 0.1) is 5.92 Å². The Bertz CT molecular complexity index is 1010. The molecule has 33 heavy (non-hydrogen) atoms. The standard InChI is InChI=1S/C25H34N4O3S/c1-21-11-13-29(14-12-21)33(31,32)24-9-7-23(8-10-24)26-25(30)20-28-17-15-27(16-18-28)19-22-5-3-2-4-6-22/h2-10,21H,11-20H2,1H3,(H,26,30). The summed E-state index contributed by atoms with van der Waals surface area (Å²) in [6.07, 6.45) is 1.79. The number of hydrogen-bond donors (Lipinski definition) is 1. The number of nitrogens with zero attached hydrogens (tertiary/aromatic N) is 3. The van der Waals surface area contributed by atoms with E-state index in [0.29, 0.717) is 31.2 Å². The van der Waals surface area contributed by atoms with E-state index in [1.807, 2.05) is 6.07 Å². The van der Waals surface area contributed by atoms with Gasteiger partial charge in [0.2, 0.25) is 15.9 Å². The van der Waals surface area contributed by atoms with Crippen molar-refractivity contribution in [1.82, 2.24) is 14.1 Å². The van der Waals surface area contributed by atoms with E-state index >= 15 is 0 Å². The van der Waals surface area contributed by atoms with Gasteiger partial charge in [0, 0.05) is 51.5 Å². The predicted octanol–water partition coefficient (Wildman–Crippen LogP) is 2.86. The van der Waals surface area contributed by atoms with E-state index in [2.05, 4.69) is 46.3 Å². The molecule has 0 aromatic heterocycles. The van der Waals surface area contributed by atoms with Crippen molar-refractivity contribution in [3.8, 4) is 0 Å². The molecular formula is C25H34N4O3S. The minimum atomic E-state index is -3.47. The molecule has 2 heterocycles. The van der Waals surface area contributed by atoms with E-state index in [-0.39, 0.29) is 10.8 Å². The highest BCUT2D eigenvalue weighted by atomic mass is 32.2. The Morgan fingerprint density at radius 3 is 2.12 bits per heavy atom. The third-order valence-corrected chi connectivity index (χ3v) is 8.51. The van der Waals surface area contributed by atoms with Crippen LogP contribution in [0.1, 0.15) is 25.3 Å². The van der Waals surface area contributed by atoms with Gasteiger partial charge in [-0.15, -0.1) is 0 Å². The molecule has 7 nitrogen and oxygen atoms in total. The second-order valence-electron chi connectivity index (χ2n) is 9.20. The molecule has 0 unspecified atom stereocenters. The van der Waals surface area contributed by atoms with Gasteiger partial charge in [0.15, 0.2) is 0 Å². The number of hydrogen-bond acceptors (Lipinski definition) is 5. The van der Waals surface area contributed by atoms with E-state index in [9.17, 15) is 13.2 Å². The zero-order valence-corrected chi connectivity index (χ0v) is 20.1. The van der Waals surface area contributed by atoms with Crippen molar-refractivity contribution < 1.29 is 13.2 Å². The first-order valence-corrected chi connectivity index (χ1v) is 13.2. The zero-order chi connectivity index (χ0) is 23.3. The second kappa shape index (κ2) is 10.8. The number of benzene rings is 2. The molecule has 1 N–H and O–H groups in total. The molecule has 4 rings (SSSR count). The van der Waals surface area contributed by atoms with Crippen molar-refractivity contribution >= 4 is 21.6 Å². The Morgan fingerprint density at radius 1 is 0.879 bits per heavy atom. The third-order valence-electron chi connectivity index (χ3n) is 6.60. The summed E-state index contributed by atoms with van der Waals surface area (Å²) in [7, 11) is -3.47. The molecule has 178 valence electrons. The van der Waals surface area contributed by atoms with Crippen molar-refractivity contribution in [3.63, 3.8) is 0 Å². The Balaban J connectivity index is 1.24. The van der Waals surface area contributed by atoms with Gasteiger partial charge in [-0.25, -0.2) is 8.42 Å². The summed E-state index contributed by atoms with van der Waals surface area (Å²) >= 11 is 0. The van der Waals surface area contributed by atoms with Gasteiger partial charge in [-0.2, -0.15) is 4.31 Å². The second-order valence-corrected chi connectivity index (χ2v) is 11.1. The molecular weight excluding hydrogens is 436 g/mol. The number of nitrogens with one attached hydrogen (secondary N) is 1. The molecule has 0 bridgehead atoms. The molecule has 0 atom stereocenters. The van der Waals surface area contributed by atoms with Gasteiger partial charge in [-0.1, -0.05) is 37.3 Å². The SMILES string of the molecule is CC1CCN(S(=O)(=O)c2ccc(NC(=O)CN3CCN(Cc4ccccc4)CC3)cc2)CC1. The summed E-state index contributed by atoms with van der Waals surface area (Å²) in [5.41, 5.74) is 1.93. The summed E-state index contributed by atoms with van der Waals surface area (Å²) in [6, 6.07) is 17.0. The summed E-state index contributed by atoms with van der Waals surface area (Å²) in [6.45, 7) is 8.15. The van der Waals surface area contributed by atoms with Crippen LogP contribution in [0.15, 0.2) is 59.5 Å². The average molecular weight is 471 g/mol. The highest BCUT2D eigenvalue weighted by Crippen LogP contribution is 2.24. The average Bonchev–Trinajstić information content (AvgIpc) is 2.82. The van der Waals surface area contributed by atoms with Gasteiger partial charge >= 0.3 is 0 Å². The van der Waals surface area contributed by atoms with Gasteiger partial charge in [0.25, 0.3) is 0 Å². The van der Waals surface area contributed by atoms with Gasteiger partial charge < -0.3 is 5.32 Å². The first-order chi connectivity index (χ1) is 15.9. The van der Waals surface area contributed by atoms with Crippen LogP contribution in [0.3, 0.4) is 0 Å². The van der Waals surface area contributed by atoms with Crippen LogP contribution in [-0.2, 0) is 21.4 Å². The Kier molecular flexibility index (Phi) is 7.80. The van der Waals surface area contributed by atoms with Crippen molar-refractivity contribution in [2.24, 2.45) is 5.92 Å². The van der Waals surface area contributed by atoms with E-state index in [4.69, 9.17) is 0 Å². The molecule has 0 aliphatic carbocycles. The highest BCUT2D eigenvalue weighted by molar-refractivity contribution is 7.89. The molecule has 2 saturated heterocycles. The molecule has 2 fully saturated rings. The number of piperidine rings is 1. The van der Waals surface area contributed by atoms with E-state index in [1.54, 1.807) is 28.6 Å². The first-order valence-electron chi connectivity index (χ1n) is 11.8. The zero-order valence-electron chi connectivity index (χ0n) is 19.3. The summed E-state index contributed by atoms with van der Waals surface area (Å²) in [5.74, 6) is 0.494. The number of carbonyl (C=O) groups excluding carboxylic acids is 1. The minimum absolute atomic E-state index is 0.0767. The lowest BCUT2D eigenvalue weighted by Gasteiger charge is -2.34. The molecule has 0 spiro atoms. The van der Waals surface area contributed by atoms with Crippen LogP contribution in [0.2, 0.25) is 0 Å². The van der Waals surface area contributed by atoms with Crippen molar-refractivity contribution in [3.05, 3.63) is 60.2 Å². The maximum atomic E-state index is 12.9. The molecule has 0 radical (unpaired) electrons. The fourth-order valence-corrected chi connectivity index (χ4v) is 5.91. The molecule has 0 saturated carbocycles. The Labute approximate surface area is 197 Å². The fraction of sp³-hybridized carbons (Fsp3) is 0.480. The lowest BCUT2D eigenvalue weighted by Crippen LogP contribution is -2.48. The topological polar surface area (TPSA) is 73.0 Å². The summed E-state index contributed by atoms with van der Waals surface area (Å²) in [5, 5.41) is 2.90. The van der Waals surface area contributed by atoms with Crippen LogP contribution in [0.4, 0.5) is 5.69 Å². The third kappa shape index (κ3) is 6.41. The van der Waals surface area contributed by atoms with Crippen LogP contribution in [0.25, 0.3) is 0 Å². The molecule has 8 heteroatoms. The van der Waals surface area contributed by atoms with Gasteiger partial charge in [0.05, 0.1) is 11.4 Å². The van der Waals surface area contributed by atoms with Crippen LogP contribution >= 0.6 is 0 Å². The van der Waals surface area contributed by atoms with E-state index in [0.717, 1.165) is 45.6 Å². The first kappa shape index (κ1) is 23.9. The predicted molar refractivity (Wildman–Crippen MR) is 130 cm³/mol. The lowest BCUT2D eigenvalue weighted by atomic mass is 10.0. The van der Waals surface area contributed by atoms with Crippen LogP contribution < -0.4 is 5.32 Å². The summed E-state index contributed by atoms with van der Waals surface area (Å²) in [4.78, 5) is 17.4. The van der Waals surface area contributed by atoms with E-state index < -0.39 is 10.0 Å².